The van der Waals surface area contributed by atoms with Gasteiger partial charge in [0.15, 0.2) is 9.84 Å². The fraction of sp³-hybridized carbons (Fsp3) is 0.556. The molecule has 2 aliphatic heterocycles. The number of amides is 1. The number of nitrogens with one attached hydrogen (secondary N) is 1. The predicted molar refractivity (Wildman–Crippen MR) is 143 cm³/mol. The van der Waals surface area contributed by atoms with Crippen molar-refractivity contribution in [3.8, 4) is 0 Å². The summed E-state index contributed by atoms with van der Waals surface area (Å²) < 4.78 is 31.0. The fourth-order valence-corrected chi connectivity index (χ4v) is 6.42. The highest BCUT2D eigenvalue weighted by Gasteiger charge is 2.44. The lowest BCUT2D eigenvalue weighted by atomic mass is 9.93. The molecule has 1 unspecified atom stereocenters. The molecule has 2 saturated heterocycles. The number of morpholine rings is 1. The summed E-state index contributed by atoms with van der Waals surface area (Å²) >= 11 is 0. The van der Waals surface area contributed by atoms with Gasteiger partial charge in [0.1, 0.15) is 11.6 Å². The van der Waals surface area contributed by atoms with Gasteiger partial charge in [-0.3, -0.25) is 4.79 Å². The minimum absolute atomic E-state index is 0.108. The zero-order valence-electron chi connectivity index (χ0n) is 21.6. The number of piperidine rings is 1. The minimum atomic E-state index is -3.65. The maximum atomic E-state index is 13.6. The number of aromatic nitrogens is 1. The molecule has 37 heavy (non-hydrogen) atoms. The molecule has 10 heteroatoms. The summed E-state index contributed by atoms with van der Waals surface area (Å²) in [5.74, 6) is 0.573. The zero-order valence-corrected chi connectivity index (χ0v) is 22.4. The number of pyridine rings is 1. The molecule has 2 N–H and O–H groups in total. The Morgan fingerprint density at radius 1 is 1.14 bits per heavy atom. The third-order valence-electron chi connectivity index (χ3n) is 7.82. The molecular formula is C27H36N4O5S. The number of rotatable bonds is 7. The number of carbonyl (C=O) groups is 1. The first kappa shape index (κ1) is 25.9. The van der Waals surface area contributed by atoms with E-state index >= 15 is 0 Å². The number of aliphatic hydroxyl groups is 1. The summed E-state index contributed by atoms with van der Waals surface area (Å²) in [5, 5.41) is 12.2. The van der Waals surface area contributed by atoms with Gasteiger partial charge in [-0.1, -0.05) is 0 Å². The van der Waals surface area contributed by atoms with Crippen molar-refractivity contribution in [2.75, 3.05) is 60.3 Å². The van der Waals surface area contributed by atoms with Crippen LogP contribution in [-0.4, -0.2) is 75.7 Å². The van der Waals surface area contributed by atoms with Gasteiger partial charge in [-0.25, -0.2) is 13.4 Å². The molecule has 3 fully saturated rings. The van der Waals surface area contributed by atoms with E-state index < -0.39 is 16.4 Å². The van der Waals surface area contributed by atoms with Crippen LogP contribution in [0.1, 0.15) is 48.5 Å². The van der Waals surface area contributed by atoms with Crippen LogP contribution in [0.2, 0.25) is 0 Å². The molecular weight excluding hydrogens is 492 g/mol. The summed E-state index contributed by atoms with van der Waals surface area (Å²) in [4.78, 5) is 22.7. The SMILES string of the molecule is Cc1cc(NC(=O)c2ccc(S(=O)(=O)CCO)cc2N2CCC3(CC2)CC3)nc(N2CCOC(C)C2)c1. The van der Waals surface area contributed by atoms with Crippen LogP contribution in [0.3, 0.4) is 0 Å². The second-order valence-electron chi connectivity index (χ2n) is 10.7. The van der Waals surface area contributed by atoms with Crippen LogP contribution in [0, 0.1) is 12.3 Å². The molecule has 0 bridgehead atoms. The molecule has 1 aliphatic carbocycles. The number of aryl methyl sites for hydroxylation is 1. The second kappa shape index (κ2) is 10.2. The summed E-state index contributed by atoms with van der Waals surface area (Å²) in [6, 6.07) is 8.47. The Balaban J connectivity index is 1.43. The van der Waals surface area contributed by atoms with Crippen LogP contribution in [0.5, 0.6) is 0 Å². The first-order valence-electron chi connectivity index (χ1n) is 13.1. The number of anilines is 3. The molecule has 9 nitrogen and oxygen atoms in total. The summed E-state index contributed by atoms with van der Waals surface area (Å²) in [6.45, 7) is 7.21. The predicted octanol–water partition coefficient (Wildman–Crippen LogP) is 3.01. The largest absolute Gasteiger partial charge is 0.395 e. The van der Waals surface area contributed by atoms with E-state index in [1.165, 1.54) is 18.9 Å². The lowest BCUT2D eigenvalue weighted by Crippen LogP contribution is -2.41. The number of aliphatic hydroxyl groups excluding tert-OH is 1. The zero-order chi connectivity index (χ0) is 26.2. The van der Waals surface area contributed by atoms with Crippen molar-refractivity contribution in [1.82, 2.24) is 4.98 Å². The van der Waals surface area contributed by atoms with Crippen LogP contribution < -0.4 is 15.1 Å². The first-order chi connectivity index (χ1) is 17.7. The van der Waals surface area contributed by atoms with E-state index in [1.807, 2.05) is 26.0 Å². The lowest BCUT2D eigenvalue weighted by molar-refractivity contribution is 0.0529. The highest BCUT2D eigenvalue weighted by Crippen LogP contribution is 2.54. The third-order valence-corrected chi connectivity index (χ3v) is 9.51. The first-order valence-corrected chi connectivity index (χ1v) is 14.7. The summed E-state index contributed by atoms with van der Waals surface area (Å²) in [5.41, 5.74) is 2.45. The van der Waals surface area contributed by atoms with Crippen LogP contribution >= 0.6 is 0 Å². The quantitative estimate of drug-likeness (QED) is 0.564. The molecule has 2 aromatic rings. The Labute approximate surface area is 218 Å². The van der Waals surface area contributed by atoms with Crippen LogP contribution in [0.4, 0.5) is 17.3 Å². The molecule has 1 aromatic heterocycles. The topological polar surface area (TPSA) is 112 Å². The van der Waals surface area contributed by atoms with Gasteiger partial charge in [0.05, 0.1) is 41.2 Å². The molecule has 3 aliphatic rings. The Hall–Kier alpha value is -2.69. The second-order valence-corrected chi connectivity index (χ2v) is 12.8. The number of nitrogens with zero attached hydrogens (tertiary/aromatic N) is 3. The highest BCUT2D eigenvalue weighted by molar-refractivity contribution is 7.91. The van der Waals surface area contributed by atoms with Gasteiger partial charge in [0, 0.05) is 26.2 Å². The number of hydrogen-bond acceptors (Lipinski definition) is 8. The Bertz CT molecular complexity index is 1270. The molecule has 1 spiro atoms. The maximum absolute atomic E-state index is 13.6. The van der Waals surface area contributed by atoms with Crippen molar-refractivity contribution in [2.24, 2.45) is 5.41 Å². The molecule has 0 radical (unpaired) electrons. The number of ether oxygens (including phenoxy) is 1. The Kier molecular flexibility index (Phi) is 7.17. The van der Waals surface area contributed by atoms with Gasteiger partial charge in [0.25, 0.3) is 5.91 Å². The molecule has 3 heterocycles. The van der Waals surface area contributed by atoms with E-state index in [1.54, 1.807) is 12.1 Å². The van der Waals surface area contributed by atoms with Crippen molar-refractivity contribution in [1.29, 1.82) is 0 Å². The molecule has 1 amide bonds. The number of benzene rings is 1. The van der Waals surface area contributed by atoms with Crippen molar-refractivity contribution < 1.29 is 23.1 Å². The maximum Gasteiger partial charge on any atom is 0.258 e. The minimum Gasteiger partial charge on any atom is -0.395 e. The summed E-state index contributed by atoms with van der Waals surface area (Å²) in [7, 11) is -3.65. The Morgan fingerprint density at radius 3 is 2.57 bits per heavy atom. The monoisotopic (exact) mass is 528 g/mol. The number of carbonyl (C=O) groups excluding carboxylic acids is 1. The average Bonchev–Trinajstić information content (AvgIpc) is 3.62. The normalized spacial score (nSPS) is 21.2. The van der Waals surface area contributed by atoms with E-state index in [0.29, 0.717) is 29.1 Å². The van der Waals surface area contributed by atoms with Crippen LogP contribution in [-0.2, 0) is 14.6 Å². The molecule has 1 aromatic carbocycles. The van der Waals surface area contributed by atoms with E-state index in [4.69, 9.17) is 9.72 Å². The van der Waals surface area contributed by atoms with Crippen LogP contribution in [0.25, 0.3) is 0 Å². The van der Waals surface area contributed by atoms with Crippen LogP contribution in [0.15, 0.2) is 35.2 Å². The van der Waals surface area contributed by atoms with Gasteiger partial charge < -0.3 is 25.0 Å². The van der Waals surface area contributed by atoms with Crippen molar-refractivity contribution >= 4 is 33.1 Å². The standard InChI is InChI=1S/C27H36N4O5S/c1-19-15-24(28-25(16-19)31-11-13-36-20(2)18-31)29-26(33)22-4-3-21(37(34,35)14-12-32)17-23(22)30-9-7-27(5-6-27)8-10-30/h3-4,15-17,20,32H,5-14,18H2,1-2H3,(H,28,29,33). The molecule has 5 rings (SSSR count). The average molecular weight is 529 g/mol. The van der Waals surface area contributed by atoms with E-state index in [-0.39, 0.29) is 22.7 Å². The van der Waals surface area contributed by atoms with Crippen molar-refractivity contribution in [3.05, 3.63) is 41.5 Å². The van der Waals surface area contributed by atoms with E-state index in [2.05, 4.69) is 15.1 Å². The van der Waals surface area contributed by atoms with Crippen molar-refractivity contribution in [2.45, 2.75) is 50.5 Å². The van der Waals surface area contributed by atoms with Gasteiger partial charge in [-0.2, -0.15) is 0 Å². The number of sulfone groups is 1. The summed E-state index contributed by atoms with van der Waals surface area (Å²) in [6.07, 6.45) is 4.70. The molecule has 1 saturated carbocycles. The fourth-order valence-electron chi connectivity index (χ4n) is 5.38. The Morgan fingerprint density at radius 2 is 1.89 bits per heavy atom. The third kappa shape index (κ3) is 5.76. The van der Waals surface area contributed by atoms with Gasteiger partial charge >= 0.3 is 0 Å². The van der Waals surface area contributed by atoms with Gasteiger partial charge in [-0.05, 0) is 80.8 Å². The highest BCUT2D eigenvalue weighted by atomic mass is 32.2. The van der Waals surface area contributed by atoms with Crippen molar-refractivity contribution in [3.63, 3.8) is 0 Å². The number of hydrogen-bond donors (Lipinski definition) is 2. The molecule has 200 valence electrons. The van der Waals surface area contributed by atoms with Gasteiger partial charge in [-0.15, -0.1) is 0 Å². The van der Waals surface area contributed by atoms with E-state index in [0.717, 1.165) is 50.4 Å². The molecule has 1 atom stereocenters. The lowest BCUT2D eigenvalue weighted by Gasteiger charge is -2.35. The smallest absolute Gasteiger partial charge is 0.258 e. The van der Waals surface area contributed by atoms with E-state index in [9.17, 15) is 18.3 Å². The van der Waals surface area contributed by atoms with Gasteiger partial charge in [0.2, 0.25) is 0 Å².